The van der Waals surface area contributed by atoms with E-state index in [0.29, 0.717) is 19.5 Å². The van der Waals surface area contributed by atoms with E-state index in [1.54, 1.807) is 23.8 Å². The molecule has 0 saturated carbocycles. The van der Waals surface area contributed by atoms with Crippen LogP contribution in [0.3, 0.4) is 0 Å². The Labute approximate surface area is 113 Å². The van der Waals surface area contributed by atoms with Crippen molar-refractivity contribution in [3.05, 3.63) is 0 Å². The summed E-state index contributed by atoms with van der Waals surface area (Å²) in [5, 5.41) is 9.17. The van der Waals surface area contributed by atoms with E-state index >= 15 is 0 Å². The second-order valence-electron chi connectivity index (χ2n) is 5.84. The topological polar surface area (TPSA) is 70.1 Å². The van der Waals surface area contributed by atoms with Crippen molar-refractivity contribution in [2.24, 2.45) is 5.41 Å². The molecule has 2 fully saturated rings. The van der Waals surface area contributed by atoms with Crippen molar-refractivity contribution in [3.63, 3.8) is 0 Å². The Morgan fingerprint density at radius 2 is 2.26 bits per heavy atom. The van der Waals surface area contributed by atoms with Gasteiger partial charge in [0, 0.05) is 33.3 Å². The number of carboxylic acid groups (broad SMARTS) is 1. The summed E-state index contributed by atoms with van der Waals surface area (Å²) in [6, 6.07) is -0.0968. The summed E-state index contributed by atoms with van der Waals surface area (Å²) in [5.41, 5.74) is -0.805. The van der Waals surface area contributed by atoms with Gasteiger partial charge in [-0.25, -0.2) is 4.79 Å². The molecule has 2 aliphatic heterocycles. The third kappa shape index (κ3) is 3.00. The van der Waals surface area contributed by atoms with Crippen LogP contribution in [0.1, 0.15) is 26.2 Å². The van der Waals surface area contributed by atoms with Crippen molar-refractivity contribution < 1.29 is 19.4 Å². The fraction of sp³-hybridized carbons (Fsp3) is 0.846. The molecule has 6 heteroatoms. The molecule has 0 aromatic rings. The molecule has 2 atom stereocenters. The predicted molar refractivity (Wildman–Crippen MR) is 68.9 cm³/mol. The Hall–Kier alpha value is -1.30. The van der Waals surface area contributed by atoms with Crippen molar-refractivity contribution in [3.8, 4) is 0 Å². The summed E-state index contributed by atoms with van der Waals surface area (Å²) in [4.78, 5) is 26.7. The zero-order chi connectivity index (χ0) is 14.0. The van der Waals surface area contributed by atoms with Crippen molar-refractivity contribution in [2.75, 3.05) is 33.3 Å². The monoisotopic (exact) mass is 270 g/mol. The van der Waals surface area contributed by atoms with Crippen LogP contribution in [-0.2, 0) is 9.53 Å². The van der Waals surface area contributed by atoms with Gasteiger partial charge in [-0.1, -0.05) is 0 Å². The Kier molecular flexibility index (Phi) is 3.99. The van der Waals surface area contributed by atoms with Crippen molar-refractivity contribution in [2.45, 2.75) is 32.3 Å². The first-order chi connectivity index (χ1) is 8.92. The summed E-state index contributed by atoms with van der Waals surface area (Å²) in [7, 11) is 1.75. The van der Waals surface area contributed by atoms with Gasteiger partial charge in [0.15, 0.2) is 0 Å². The first-order valence-electron chi connectivity index (χ1n) is 6.77. The highest BCUT2D eigenvalue weighted by Gasteiger charge is 2.42. The number of nitrogens with zero attached hydrogens (tertiary/aromatic N) is 2. The standard InChI is InChI=1S/C13H22N2O4/c1-13(11(16)17)5-6-15(9-13)12(18)14(2)8-10-4-3-7-19-10/h10H,3-9H2,1-2H3,(H,16,17). The van der Waals surface area contributed by atoms with Gasteiger partial charge in [-0.05, 0) is 26.2 Å². The number of carbonyl (C=O) groups is 2. The zero-order valence-electron chi connectivity index (χ0n) is 11.6. The van der Waals surface area contributed by atoms with Crippen LogP contribution in [0.25, 0.3) is 0 Å². The van der Waals surface area contributed by atoms with Crippen LogP contribution in [0.5, 0.6) is 0 Å². The molecule has 108 valence electrons. The van der Waals surface area contributed by atoms with Crippen LogP contribution in [0.15, 0.2) is 0 Å². The smallest absolute Gasteiger partial charge is 0.319 e. The van der Waals surface area contributed by atoms with Crippen LogP contribution in [0.2, 0.25) is 0 Å². The van der Waals surface area contributed by atoms with Crippen LogP contribution < -0.4 is 0 Å². The molecule has 0 bridgehead atoms. The highest BCUT2D eigenvalue weighted by Crippen LogP contribution is 2.30. The van der Waals surface area contributed by atoms with E-state index in [-0.39, 0.29) is 18.7 Å². The first-order valence-corrected chi connectivity index (χ1v) is 6.77. The van der Waals surface area contributed by atoms with Gasteiger partial charge in [0.1, 0.15) is 0 Å². The fourth-order valence-corrected chi connectivity index (χ4v) is 2.71. The Balaban J connectivity index is 1.88. The minimum absolute atomic E-state index is 0.0968. The number of ether oxygens (including phenoxy) is 1. The number of hydrogen-bond donors (Lipinski definition) is 1. The number of rotatable bonds is 3. The van der Waals surface area contributed by atoms with Gasteiger partial charge in [-0.2, -0.15) is 0 Å². The third-order valence-electron chi connectivity index (χ3n) is 4.09. The average Bonchev–Trinajstić information content (AvgIpc) is 2.98. The maximum Gasteiger partial charge on any atom is 0.319 e. The molecule has 2 amide bonds. The molecule has 0 spiro atoms. The maximum atomic E-state index is 12.2. The molecule has 0 aliphatic carbocycles. The van der Waals surface area contributed by atoms with Gasteiger partial charge < -0.3 is 19.6 Å². The van der Waals surface area contributed by atoms with E-state index in [1.165, 1.54) is 0 Å². The summed E-state index contributed by atoms with van der Waals surface area (Å²) in [6.07, 6.45) is 2.68. The van der Waals surface area contributed by atoms with Gasteiger partial charge in [-0.15, -0.1) is 0 Å². The predicted octanol–water partition coefficient (Wildman–Crippen LogP) is 1.01. The minimum atomic E-state index is -0.829. The van der Waals surface area contributed by atoms with E-state index < -0.39 is 11.4 Å². The van der Waals surface area contributed by atoms with E-state index in [2.05, 4.69) is 0 Å². The molecule has 1 N–H and O–H groups in total. The lowest BCUT2D eigenvalue weighted by molar-refractivity contribution is -0.147. The third-order valence-corrected chi connectivity index (χ3v) is 4.09. The average molecular weight is 270 g/mol. The van der Waals surface area contributed by atoms with Crippen LogP contribution in [0, 0.1) is 5.41 Å². The molecule has 2 saturated heterocycles. The van der Waals surface area contributed by atoms with Crippen LogP contribution in [0.4, 0.5) is 4.79 Å². The zero-order valence-corrected chi connectivity index (χ0v) is 11.6. The summed E-state index contributed by atoms with van der Waals surface area (Å²) in [6.45, 7) is 3.85. The second-order valence-corrected chi connectivity index (χ2v) is 5.84. The number of amides is 2. The Morgan fingerprint density at radius 1 is 1.53 bits per heavy atom. The van der Waals surface area contributed by atoms with Gasteiger partial charge >= 0.3 is 12.0 Å². The largest absolute Gasteiger partial charge is 0.481 e. The fourth-order valence-electron chi connectivity index (χ4n) is 2.71. The summed E-state index contributed by atoms with van der Waals surface area (Å²) >= 11 is 0. The lowest BCUT2D eigenvalue weighted by atomic mass is 9.90. The van der Waals surface area contributed by atoms with Crippen molar-refractivity contribution in [1.82, 2.24) is 9.80 Å². The molecular weight excluding hydrogens is 248 g/mol. The molecule has 2 heterocycles. The van der Waals surface area contributed by atoms with Crippen LogP contribution >= 0.6 is 0 Å². The van der Waals surface area contributed by atoms with Gasteiger partial charge in [0.25, 0.3) is 0 Å². The SMILES string of the molecule is CN(CC1CCCO1)C(=O)N1CCC(C)(C(=O)O)C1. The normalized spacial score (nSPS) is 30.6. The molecule has 0 radical (unpaired) electrons. The molecule has 0 aromatic carbocycles. The number of carbonyl (C=O) groups excluding carboxylic acids is 1. The van der Waals surface area contributed by atoms with E-state index in [1.807, 2.05) is 0 Å². The van der Waals surface area contributed by atoms with Gasteiger partial charge in [0.05, 0.1) is 11.5 Å². The number of likely N-dealkylation sites (tertiary alicyclic amines) is 1. The molecular formula is C13H22N2O4. The molecule has 6 nitrogen and oxygen atoms in total. The van der Waals surface area contributed by atoms with Gasteiger partial charge in [0.2, 0.25) is 0 Å². The Bertz CT molecular complexity index is 368. The molecule has 0 aromatic heterocycles. The number of urea groups is 1. The van der Waals surface area contributed by atoms with Gasteiger partial charge in [-0.3, -0.25) is 4.79 Å². The molecule has 2 rings (SSSR count). The number of hydrogen-bond acceptors (Lipinski definition) is 3. The molecule has 19 heavy (non-hydrogen) atoms. The first kappa shape index (κ1) is 14.1. The van der Waals surface area contributed by atoms with E-state index in [4.69, 9.17) is 9.84 Å². The molecule has 2 unspecified atom stereocenters. The number of aliphatic carboxylic acids is 1. The quantitative estimate of drug-likeness (QED) is 0.831. The van der Waals surface area contributed by atoms with E-state index in [0.717, 1.165) is 19.4 Å². The Morgan fingerprint density at radius 3 is 2.79 bits per heavy atom. The summed E-state index contributed by atoms with van der Waals surface area (Å²) < 4.78 is 5.51. The number of likely N-dealkylation sites (N-methyl/N-ethyl adjacent to an activating group) is 1. The summed E-state index contributed by atoms with van der Waals surface area (Å²) in [5.74, 6) is -0.829. The molecule has 2 aliphatic rings. The maximum absolute atomic E-state index is 12.2. The van der Waals surface area contributed by atoms with Crippen LogP contribution in [-0.4, -0.2) is 66.3 Å². The number of carboxylic acids is 1. The highest BCUT2D eigenvalue weighted by molar-refractivity contribution is 5.79. The second kappa shape index (κ2) is 5.36. The lowest BCUT2D eigenvalue weighted by Gasteiger charge is -2.27. The lowest BCUT2D eigenvalue weighted by Crippen LogP contribution is -2.44. The van der Waals surface area contributed by atoms with E-state index in [9.17, 15) is 9.59 Å². The van der Waals surface area contributed by atoms with Crippen molar-refractivity contribution in [1.29, 1.82) is 0 Å². The van der Waals surface area contributed by atoms with Crippen molar-refractivity contribution >= 4 is 12.0 Å². The minimum Gasteiger partial charge on any atom is -0.481 e. The highest BCUT2D eigenvalue weighted by atomic mass is 16.5.